The van der Waals surface area contributed by atoms with Crippen molar-refractivity contribution in [2.75, 3.05) is 19.0 Å². The van der Waals surface area contributed by atoms with E-state index in [-0.39, 0.29) is 5.78 Å². The molecule has 0 N–H and O–H groups in total. The highest BCUT2D eigenvalue weighted by molar-refractivity contribution is 7.85. The first kappa shape index (κ1) is 12.8. The molecule has 0 spiro atoms. The van der Waals surface area contributed by atoms with Crippen LogP contribution in [0.4, 0.5) is 0 Å². The van der Waals surface area contributed by atoms with Gasteiger partial charge in [-0.3, -0.25) is 4.21 Å². The molecule has 1 aliphatic rings. The predicted octanol–water partition coefficient (Wildman–Crippen LogP) is 1.67. The molecule has 3 nitrogen and oxygen atoms in total. The molecule has 1 atom stereocenters. The second kappa shape index (κ2) is 7.12. The topological polar surface area (TPSA) is 43.4 Å². The van der Waals surface area contributed by atoms with Gasteiger partial charge in [-0.2, -0.15) is 0 Å². The van der Waals surface area contributed by atoms with Gasteiger partial charge in [-0.1, -0.05) is 0 Å². The molecule has 1 fully saturated rings. The maximum absolute atomic E-state index is 11.8. The molecule has 0 aromatic rings. The fourth-order valence-electron chi connectivity index (χ4n) is 1.72. The van der Waals surface area contributed by atoms with E-state index in [4.69, 9.17) is 4.74 Å². The Morgan fingerprint density at radius 2 is 2.00 bits per heavy atom. The van der Waals surface area contributed by atoms with Gasteiger partial charge in [0.15, 0.2) is 0 Å². The van der Waals surface area contributed by atoms with Gasteiger partial charge in [0.25, 0.3) is 0 Å². The lowest BCUT2D eigenvalue weighted by Gasteiger charge is -2.21. The number of ketones is 1. The lowest BCUT2D eigenvalue weighted by molar-refractivity contribution is -0.117. The Bertz CT molecular complexity index is 222. The van der Waals surface area contributed by atoms with Crippen molar-refractivity contribution in [3.63, 3.8) is 0 Å². The largest absolute Gasteiger partial charge is 0.381 e. The summed E-state index contributed by atoms with van der Waals surface area (Å²) in [6.07, 6.45) is 4.28. The summed E-state index contributed by atoms with van der Waals surface area (Å²) in [6.45, 7) is 3.11. The van der Waals surface area contributed by atoms with Gasteiger partial charge in [0.1, 0.15) is 5.78 Å². The van der Waals surface area contributed by atoms with Crippen molar-refractivity contribution in [2.24, 2.45) is 0 Å². The third-order valence-electron chi connectivity index (χ3n) is 2.66. The Hall–Kier alpha value is -0.220. The molecular weight excluding hydrogens is 212 g/mol. The normalized spacial score (nSPS) is 20.1. The van der Waals surface area contributed by atoms with Crippen LogP contribution in [-0.4, -0.2) is 34.2 Å². The molecule has 1 saturated heterocycles. The maximum atomic E-state index is 11.8. The molecule has 0 bridgehead atoms. The van der Waals surface area contributed by atoms with E-state index < -0.39 is 10.8 Å². The van der Waals surface area contributed by atoms with Crippen LogP contribution in [-0.2, 0) is 20.3 Å². The SMILES string of the molecule is CC(=O)CCCCS(=O)C1CCOCC1. The lowest BCUT2D eigenvalue weighted by atomic mass is 10.2. The van der Waals surface area contributed by atoms with Crippen molar-refractivity contribution >= 4 is 16.6 Å². The second-order valence-electron chi connectivity index (χ2n) is 4.06. The van der Waals surface area contributed by atoms with Crippen LogP contribution in [0, 0.1) is 0 Å². The highest BCUT2D eigenvalue weighted by Gasteiger charge is 2.19. The number of Topliss-reactive ketones (excluding diaryl/α,β-unsaturated/α-hetero) is 1. The van der Waals surface area contributed by atoms with Crippen LogP contribution in [0.1, 0.15) is 39.0 Å². The molecule has 15 heavy (non-hydrogen) atoms. The highest BCUT2D eigenvalue weighted by Crippen LogP contribution is 2.14. The molecule has 0 aromatic heterocycles. The monoisotopic (exact) mass is 232 g/mol. The summed E-state index contributed by atoms with van der Waals surface area (Å²) in [6, 6.07) is 0. The number of hydrogen-bond donors (Lipinski definition) is 0. The van der Waals surface area contributed by atoms with Crippen LogP contribution in [0.2, 0.25) is 0 Å². The number of carbonyl (C=O) groups is 1. The van der Waals surface area contributed by atoms with E-state index >= 15 is 0 Å². The molecule has 0 saturated carbocycles. The van der Waals surface area contributed by atoms with E-state index in [1.165, 1.54) is 0 Å². The minimum Gasteiger partial charge on any atom is -0.381 e. The van der Waals surface area contributed by atoms with E-state index in [1.807, 2.05) is 0 Å². The number of unbranched alkanes of at least 4 members (excludes halogenated alkanes) is 1. The van der Waals surface area contributed by atoms with E-state index in [9.17, 15) is 9.00 Å². The van der Waals surface area contributed by atoms with Gasteiger partial charge >= 0.3 is 0 Å². The number of rotatable bonds is 6. The van der Waals surface area contributed by atoms with E-state index in [2.05, 4.69) is 0 Å². The van der Waals surface area contributed by atoms with Crippen molar-refractivity contribution < 1.29 is 13.7 Å². The molecule has 0 aliphatic carbocycles. The Labute approximate surface area is 94.0 Å². The highest BCUT2D eigenvalue weighted by atomic mass is 32.2. The summed E-state index contributed by atoms with van der Waals surface area (Å²) >= 11 is 0. The van der Waals surface area contributed by atoms with Crippen molar-refractivity contribution in [2.45, 2.75) is 44.3 Å². The first-order valence-electron chi connectivity index (χ1n) is 5.64. The van der Waals surface area contributed by atoms with Crippen molar-refractivity contribution in [1.82, 2.24) is 0 Å². The van der Waals surface area contributed by atoms with Crippen LogP contribution in [0.5, 0.6) is 0 Å². The maximum Gasteiger partial charge on any atom is 0.129 e. The van der Waals surface area contributed by atoms with Gasteiger partial charge in [0.2, 0.25) is 0 Å². The number of hydrogen-bond acceptors (Lipinski definition) is 3. The summed E-state index contributed by atoms with van der Waals surface area (Å²) in [5, 5.41) is 0.330. The Balaban J connectivity index is 2.09. The quantitative estimate of drug-likeness (QED) is 0.654. The Morgan fingerprint density at radius 1 is 1.33 bits per heavy atom. The van der Waals surface area contributed by atoms with Gasteiger partial charge < -0.3 is 9.53 Å². The summed E-state index contributed by atoms with van der Waals surface area (Å²) in [5.74, 6) is 0.977. The van der Waals surface area contributed by atoms with E-state index in [0.717, 1.165) is 44.6 Å². The van der Waals surface area contributed by atoms with Crippen LogP contribution in [0.15, 0.2) is 0 Å². The first-order valence-corrected chi connectivity index (χ1v) is 7.02. The Morgan fingerprint density at radius 3 is 2.60 bits per heavy atom. The zero-order valence-electron chi connectivity index (χ0n) is 9.37. The third kappa shape index (κ3) is 5.42. The number of ether oxygens (including phenoxy) is 1. The molecule has 1 heterocycles. The number of carbonyl (C=O) groups excluding carboxylic acids is 1. The molecule has 4 heteroatoms. The van der Waals surface area contributed by atoms with Gasteiger partial charge in [-0.25, -0.2) is 0 Å². The smallest absolute Gasteiger partial charge is 0.129 e. The molecule has 1 rings (SSSR count). The second-order valence-corrected chi connectivity index (χ2v) is 5.89. The summed E-state index contributed by atoms with van der Waals surface area (Å²) in [4.78, 5) is 10.7. The zero-order chi connectivity index (χ0) is 11.1. The molecule has 1 unspecified atom stereocenters. The molecule has 1 aliphatic heterocycles. The summed E-state index contributed by atoms with van der Waals surface area (Å²) in [5.41, 5.74) is 0. The third-order valence-corrected chi connectivity index (χ3v) is 4.57. The summed E-state index contributed by atoms with van der Waals surface area (Å²) in [7, 11) is -0.712. The van der Waals surface area contributed by atoms with Gasteiger partial charge in [-0.05, 0) is 32.6 Å². The standard InChI is InChI=1S/C11H20O3S/c1-10(12)4-2-3-9-15(13)11-5-7-14-8-6-11/h11H,2-9H2,1H3. The Kier molecular flexibility index (Phi) is 6.10. The summed E-state index contributed by atoms with van der Waals surface area (Å²) < 4.78 is 17.0. The van der Waals surface area contributed by atoms with Gasteiger partial charge in [0, 0.05) is 41.4 Å². The molecule has 88 valence electrons. The van der Waals surface area contributed by atoms with Gasteiger partial charge in [0.05, 0.1) is 0 Å². The molecular formula is C11H20O3S. The zero-order valence-corrected chi connectivity index (χ0v) is 10.2. The van der Waals surface area contributed by atoms with Crippen molar-refractivity contribution in [3.05, 3.63) is 0 Å². The average Bonchev–Trinajstić information content (AvgIpc) is 2.25. The fraction of sp³-hybridized carbons (Fsp3) is 0.909. The van der Waals surface area contributed by atoms with Crippen molar-refractivity contribution in [3.8, 4) is 0 Å². The fourth-order valence-corrected chi connectivity index (χ4v) is 3.26. The van der Waals surface area contributed by atoms with Crippen LogP contribution < -0.4 is 0 Å². The first-order chi connectivity index (χ1) is 7.20. The van der Waals surface area contributed by atoms with Crippen molar-refractivity contribution in [1.29, 1.82) is 0 Å². The van der Waals surface area contributed by atoms with E-state index in [1.54, 1.807) is 6.92 Å². The molecule has 0 aromatic carbocycles. The minimum atomic E-state index is -0.712. The van der Waals surface area contributed by atoms with Gasteiger partial charge in [-0.15, -0.1) is 0 Å². The van der Waals surface area contributed by atoms with E-state index in [0.29, 0.717) is 11.7 Å². The molecule has 0 amide bonds. The van der Waals surface area contributed by atoms with Crippen LogP contribution >= 0.6 is 0 Å². The van der Waals surface area contributed by atoms with Crippen LogP contribution in [0.25, 0.3) is 0 Å². The minimum absolute atomic E-state index is 0.229. The molecule has 0 radical (unpaired) electrons. The average molecular weight is 232 g/mol. The predicted molar refractivity (Wildman–Crippen MR) is 61.4 cm³/mol. The van der Waals surface area contributed by atoms with Crippen LogP contribution in [0.3, 0.4) is 0 Å². The lowest BCUT2D eigenvalue weighted by Crippen LogP contribution is -2.26.